The van der Waals surface area contributed by atoms with Gasteiger partial charge in [-0.05, 0) is 25.0 Å². The minimum atomic E-state index is -0.396. The van der Waals surface area contributed by atoms with Crippen LogP contribution in [0.4, 0.5) is 0 Å². The first-order valence-electron chi connectivity index (χ1n) is 8.96. The van der Waals surface area contributed by atoms with Crippen molar-refractivity contribution in [1.29, 1.82) is 0 Å². The summed E-state index contributed by atoms with van der Waals surface area (Å²) < 4.78 is 5.84. The molecule has 0 amide bonds. The normalized spacial score (nSPS) is 11.1. The number of phenolic OH excluding ortho intramolecular Hbond substituents is 4. The van der Waals surface area contributed by atoms with Crippen molar-refractivity contribution < 1.29 is 24.8 Å². The van der Waals surface area contributed by atoms with Crippen molar-refractivity contribution >= 4 is 11.0 Å². The maximum absolute atomic E-state index is 13.1. The molecular formula is C21H22O6. The van der Waals surface area contributed by atoms with Crippen molar-refractivity contribution in [3.05, 3.63) is 46.1 Å². The minimum absolute atomic E-state index is 0.000287. The van der Waals surface area contributed by atoms with Gasteiger partial charge >= 0.3 is 0 Å². The van der Waals surface area contributed by atoms with Gasteiger partial charge in [0.05, 0.1) is 5.56 Å². The maximum atomic E-state index is 13.1. The average Bonchev–Trinajstić information content (AvgIpc) is 2.59. The first-order valence-corrected chi connectivity index (χ1v) is 8.96. The number of aromatic hydroxyl groups is 4. The quantitative estimate of drug-likeness (QED) is 0.479. The molecule has 3 aromatic rings. The van der Waals surface area contributed by atoms with Gasteiger partial charge in [0.2, 0.25) is 0 Å². The molecule has 0 aliphatic carbocycles. The Bertz CT molecular complexity index is 1040. The zero-order chi connectivity index (χ0) is 19.6. The number of hydrogen-bond donors (Lipinski definition) is 4. The van der Waals surface area contributed by atoms with Gasteiger partial charge in [0.25, 0.3) is 0 Å². The molecule has 0 fully saturated rings. The van der Waals surface area contributed by atoms with Crippen LogP contribution < -0.4 is 5.43 Å². The van der Waals surface area contributed by atoms with Gasteiger partial charge in [0.15, 0.2) is 5.43 Å². The summed E-state index contributed by atoms with van der Waals surface area (Å²) in [7, 11) is 0. The second-order valence-electron chi connectivity index (χ2n) is 6.59. The summed E-state index contributed by atoms with van der Waals surface area (Å²) in [5.41, 5.74) is 0.241. The summed E-state index contributed by atoms with van der Waals surface area (Å²) in [5, 5.41) is 39.6. The Morgan fingerprint density at radius 3 is 2.33 bits per heavy atom. The standard InChI is InChI=1S/C21H22O6/c1-2-3-4-5-6-15-20(26)19-17(25)10-13(23)11-18(19)27-21(15)14-8-7-12(22)9-16(14)24/h7-11,22-25H,2-6H2,1H3. The molecule has 0 saturated heterocycles. The van der Waals surface area contributed by atoms with Gasteiger partial charge in [0.1, 0.15) is 39.7 Å². The molecule has 3 rings (SSSR count). The van der Waals surface area contributed by atoms with Crippen molar-refractivity contribution in [1.82, 2.24) is 0 Å². The Labute approximate surface area is 156 Å². The van der Waals surface area contributed by atoms with Crippen molar-refractivity contribution in [3.63, 3.8) is 0 Å². The van der Waals surface area contributed by atoms with E-state index in [1.165, 1.54) is 24.3 Å². The summed E-state index contributed by atoms with van der Waals surface area (Å²) >= 11 is 0. The lowest BCUT2D eigenvalue weighted by molar-refractivity contribution is 0.449. The smallest absolute Gasteiger partial charge is 0.200 e. The Kier molecular flexibility index (Phi) is 5.26. The van der Waals surface area contributed by atoms with Crippen LogP contribution in [0, 0.1) is 0 Å². The van der Waals surface area contributed by atoms with Crippen LogP contribution in [0.3, 0.4) is 0 Å². The van der Waals surface area contributed by atoms with Gasteiger partial charge in [-0.2, -0.15) is 0 Å². The average molecular weight is 370 g/mol. The predicted molar refractivity (Wildman–Crippen MR) is 102 cm³/mol. The number of phenols is 4. The lowest BCUT2D eigenvalue weighted by atomic mass is 9.98. The monoisotopic (exact) mass is 370 g/mol. The van der Waals surface area contributed by atoms with E-state index in [2.05, 4.69) is 6.92 Å². The fourth-order valence-electron chi connectivity index (χ4n) is 3.21. The van der Waals surface area contributed by atoms with Crippen molar-refractivity contribution in [3.8, 4) is 34.3 Å². The van der Waals surface area contributed by atoms with E-state index in [1.807, 2.05) is 0 Å². The highest BCUT2D eigenvalue weighted by Crippen LogP contribution is 2.37. The van der Waals surface area contributed by atoms with Crippen LogP contribution in [-0.2, 0) is 6.42 Å². The Morgan fingerprint density at radius 2 is 1.63 bits per heavy atom. The maximum Gasteiger partial charge on any atom is 0.200 e. The molecule has 0 radical (unpaired) electrons. The molecule has 6 nitrogen and oxygen atoms in total. The molecule has 2 aromatic carbocycles. The van der Waals surface area contributed by atoms with E-state index in [-0.39, 0.29) is 45.3 Å². The lowest BCUT2D eigenvalue weighted by Crippen LogP contribution is -2.11. The third-order valence-electron chi connectivity index (χ3n) is 4.56. The minimum Gasteiger partial charge on any atom is -0.508 e. The fourth-order valence-corrected chi connectivity index (χ4v) is 3.21. The molecule has 0 spiro atoms. The fraction of sp³-hybridized carbons (Fsp3) is 0.286. The summed E-state index contributed by atoms with van der Waals surface area (Å²) in [6.07, 6.45) is 4.22. The molecule has 1 heterocycles. The van der Waals surface area contributed by atoms with Crippen LogP contribution >= 0.6 is 0 Å². The molecule has 142 valence electrons. The van der Waals surface area contributed by atoms with E-state index in [1.54, 1.807) is 0 Å². The molecular weight excluding hydrogens is 348 g/mol. The van der Waals surface area contributed by atoms with Crippen LogP contribution in [0.15, 0.2) is 39.5 Å². The Hall–Kier alpha value is -3.15. The molecule has 0 bridgehead atoms. The van der Waals surface area contributed by atoms with Gasteiger partial charge < -0.3 is 24.8 Å². The molecule has 27 heavy (non-hydrogen) atoms. The number of benzene rings is 2. The third kappa shape index (κ3) is 3.69. The molecule has 0 aliphatic rings. The Balaban J connectivity index is 2.24. The van der Waals surface area contributed by atoms with E-state index >= 15 is 0 Å². The molecule has 0 saturated carbocycles. The molecule has 1 aromatic heterocycles. The van der Waals surface area contributed by atoms with Crippen molar-refractivity contribution in [2.45, 2.75) is 39.0 Å². The topological polar surface area (TPSA) is 111 Å². The largest absolute Gasteiger partial charge is 0.508 e. The highest BCUT2D eigenvalue weighted by Gasteiger charge is 2.21. The highest BCUT2D eigenvalue weighted by molar-refractivity contribution is 5.87. The van der Waals surface area contributed by atoms with E-state index in [4.69, 9.17) is 4.42 Å². The van der Waals surface area contributed by atoms with Crippen molar-refractivity contribution in [2.24, 2.45) is 0 Å². The molecule has 6 heteroatoms. The van der Waals surface area contributed by atoms with Gasteiger partial charge in [-0.1, -0.05) is 26.2 Å². The van der Waals surface area contributed by atoms with Gasteiger partial charge in [-0.15, -0.1) is 0 Å². The van der Waals surface area contributed by atoms with Crippen LogP contribution in [0.1, 0.15) is 38.2 Å². The van der Waals surface area contributed by atoms with E-state index < -0.39 is 5.43 Å². The molecule has 0 atom stereocenters. The molecule has 0 aliphatic heterocycles. The van der Waals surface area contributed by atoms with Crippen LogP contribution in [0.2, 0.25) is 0 Å². The first-order chi connectivity index (χ1) is 12.9. The number of hydrogen-bond acceptors (Lipinski definition) is 6. The lowest BCUT2D eigenvalue weighted by Gasteiger charge is -2.12. The zero-order valence-corrected chi connectivity index (χ0v) is 15.0. The van der Waals surface area contributed by atoms with Gasteiger partial charge in [-0.25, -0.2) is 0 Å². The van der Waals surface area contributed by atoms with Crippen LogP contribution in [0.25, 0.3) is 22.3 Å². The van der Waals surface area contributed by atoms with Gasteiger partial charge in [0, 0.05) is 23.8 Å². The summed E-state index contributed by atoms with van der Waals surface area (Å²) in [5.74, 6) is -0.753. The number of unbranched alkanes of at least 4 members (excludes halogenated alkanes) is 3. The summed E-state index contributed by atoms with van der Waals surface area (Å²) in [4.78, 5) is 13.1. The van der Waals surface area contributed by atoms with E-state index in [0.29, 0.717) is 12.0 Å². The SMILES string of the molecule is CCCCCCc1c(-c2ccc(O)cc2O)oc2cc(O)cc(O)c2c1=O. The van der Waals surface area contributed by atoms with E-state index in [0.717, 1.165) is 31.7 Å². The predicted octanol–water partition coefficient (Wildman–Crippen LogP) is 4.41. The second kappa shape index (κ2) is 7.61. The van der Waals surface area contributed by atoms with Gasteiger partial charge in [-0.3, -0.25) is 4.79 Å². The first kappa shape index (κ1) is 18.6. The summed E-state index contributed by atoms with van der Waals surface area (Å²) in [6.45, 7) is 2.09. The Morgan fingerprint density at radius 1 is 0.889 bits per heavy atom. The number of rotatable bonds is 6. The number of fused-ring (bicyclic) bond motifs is 1. The van der Waals surface area contributed by atoms with Crippen LogP contribution in [-0.4, -0.2) is 20.4 Å². The molecule has 0 unspecified atom stereocenters. The van der Waals surface area contributed by atoms with Crippen LogP contribution in [0.5, 0.6) is 23.0 Å². The third-order valence-corrected chi connectivity index (χ3v) is 4.56. The summed E-state index contributed by atoms with van der Waals surface area (Å²) in [6, 6.07) is 6.36. The molecule has 4 N–H and O–H groups in total. The van der Waals surface area contributed by atoms with E-state index in [9.17, 15) is 25.2 Å². The second-order valence-corrected chi connectivity index (χ2v) is 6.59. The van der Waals surface area contributed by atoms with Crippen molar-refractivity contribution in [2.75, 3.05) is 0 Å². The highest BCUT2D eigenvalue weighted by atomic mass is 16.3. The zero-order valence-electron chi connectivity index (χ0n) is 15.0.